The van der Waals surface area contributed by atoms with Gasteiger partial charge in [-0.25, -0.2) is 9.18 Å². The molecule has 22 heavy (non-hydrogen) atoms. The minimum atomic E-state index is -1.13. The third-order valence-corrected chi connectivity index (χ3v) is 3.15. The fraction of sp³-hybridized carbons (Fsp3) is 0.500. The molecule has 1 rings (SSSR count). The molecule has 2 unspecified atom stereocenters. The normalized spacial score (nSPS) is 13.3. The molecule has 0 saturated heterocycles. The van der Waals surface area contributed by atoms with Crippen LogP contribution in [0.3, 0.4) is 0 Å². The van der Waals surface area contributed by atoms with Crippen LogP contribution in [0.15, 0.2) is 18.2 Å². The minimum Gasteiger partial charge on any atom is -0.465 e. The van der Waals surface area contributed by atoms with Crippen LogP contribution < -0.4 is 5.73 Å². The summed E-state index contributed by atoms with van der Waals surface area (Å²) in [7, 11) is 0. The van der Waals surface area contributed by atoms with Gasteiger partial charge in [0.05, 0.1) is 12.7 Å². The van der Waals surface area contributed by atoms with Crippen molar-refractivity contribution >= 4 is 11.9 Å². The monoisotopic (exact) mass is 311 g/mol. The number of carbonyl (C=O) groups is 2. The molecular weight excluding hydrogens is 289 g/mol. The van der Waals surface area contributed by atoms with Crippen LogP contribution in [0.1, 0.15) is 44.4 Å². The van der Waals surface area contributed by atoms with Crippen molar-refractivity contribution in [1.29, 1.82) is 0 Å². The number of rotatable bonds is 7. The number of nitrogens with two attached hydrogens (primary N) is 1. The standard InChI is InChI=1S/C16H22FNO4/c1-4-21-16(20)15(18)13-8-7-12(9-14(13)17)6-5-10(2)22-11(3)19/h7-10,15H,4-6,18H2,1-3H3. The number of halogens is 1. The first kappa shape index (κ1) is 18.1. The van der Waals surface area contributed by atoms with Crippen molar-refractivity contribution < 1.29 is 23.5 Å². The van der Waals surface area contributed by atoms with Gasteiger partial charge in [0.2, 0.25) is 0 Å². The maximum absolute atomic E-state index is 14.1. The molecule has 0 aromatic heterocycles. The maximum Gasteiger partial charge on any atom is 0.327 e. The fourth-order valence-electron chi connectivity index (χ4n) is 2.05. The van der Waals surface area contributed by atoms with Gasteiger partial charge in [-0.2, -0.15) is 0 Å². The van der Waals surface area contributed by atoms with Gasteiger partial charge >= 0.3 is 11.9 Å². The third kappa shape index (κ3) is 5.44. The van der Waals surface area contributed by atoms with Gasteiger partial charge in [0, 0.05) is 12.5 Å². The van der Waals surface area contributed by atoms with Crippen LogP contribution in [0.5, 0.6) is 0 Å². The van der Waals surface area contributed by atoms with Crippen LogP contribution in [-0.2, 0) is 25.5 Å². The van der Waals surface area contributed by atoms with E-state index >= 15 is 0 Å². The zero-order chi connectivity index (χ0) is 16.7. The minimum absolute atomic E-state index is 0.107. The molecule has 122 valence electrons. The number of ether oxygens (including phenoxy) is 2. The van der Waals surface area contributed by atoms with E-state index in [1.165, 1.54) is 19.1 Å². The van der Waals surface area contributed by atoms with Crippen molar-refractivity contribution in [3.8, 4) is 0 Å². The summed E-state index contributed by atoms with van der Waals surface area (Å²) in [5.74, 6) is -1.54. The lowest BCUT2D eigenvalue weighted by Gasteiger charge is -2.14. The molecule has 0 amide bonds. The number of esters is 2. The van der Waals surface area contributed by atoms with E-state index in [0.717, 1.165) is 5.56 Å². The average Bonchev–Trinajstić information content (AvgIpc) is 2.44. The average molecular weight is 311 g/mol. The summed E-state index contributed by atoms with van der Waals surface area (Å²) in [6.45, 7) is 4.99. The van der Waals surface area contributed by atoms with E-state index in [9.17, 15) is 14.0 Å². The van der Waals surface area contributed by atoms with Gasteiger partial charge in [-0.15, -0.1) is 0 Å². The second-order valence-corrected chi connectivity index (χ2v) is 5.04. The van der Waals surface area contributed by atoms with Gasteiger partial charge in [-0.05, 0) is 38.3 Å². The van der Waals surface area contributed by atoms with Gasteiger partial charge < -0.3 is 15.2 Å². The molecule has 0 saturated carbocycles. The zero-order valence-electron chi connectivity index (χ0n) is 13.1. The van der Waals surface area contributed by atoms with Crippen LogP contribution in [0.4, 0.5) is 4.39 Å². The highest BCUT2D eigenvalue weighted by Gasteiger charge is 2.20. The highest BCUT2D eigenvalue weighted by molar-refractivity contribution is 5.77. The lowest BCUT2D eigenvalue weighted by atomic mass is 10.0. The lowest BCUT2D eigenvalue weighted by Crippen LogP contribution is -2.24. The molecule has 0 fully saturated rings. The van der Waals surface area contributed by atoms with Crippen molar-refractivity contribution in [2.24, 2.45) is 5.73 Å². The Hall–Kier alpha value is -1.95. The molecule has 1 aromatic rings. The molecule has 6 heteroatoms. The molecule has 0 aliphatic rings. The van der Waals surface area contributed by atoms with Crippen molar-refractivity contribution in [1.82, 2.24) is 0 Å². The number of carbonyl (C=O) groups excluding carboxylic acids is 2. The highest BCUT2D eigenvalue weighted by Crippen LogP contribution is 2.19. The van der Waals surface area contributed by atoms with Crippen molar-refractivity contribution in [3.63, 3.8) is 0 Å². The molecule has 0 radical (unpaired) electrons. The third-order valence-electron chi connectivity index (χ3n) is 3.15. The van der Waals surface area contributed by atoms with Crippen molar-refractivity contribution in [2.45, 2.75) is 45.8 Å². The Morgan fingerprint density at radius 1 is 1.36 bits per heavy atom. The van der Waals surface area contributed by atoms with Crippen molar-refractivity contribution in [2.75, 3.05) is 6.61 Å². The second kappa shape index (κ2) is 8.48. The number of hydrogen-bond donors (Lipinski definition) is 1. The van der Waals surface area contributed by atoms with Crippen LogP contribution in [0.25, 0.3) is 0 Å². The van der Waals surface area contributed by atoms with Crippen LogP contribution in [0, 0.1) is 5.82 Å². The topological polar surface area (TPSA) is 78.6 Å². The van der Waals surface area contributed by atoms with Gasteiger partial charge in [-0.3, -0.25) is 4.79 Å². The number of hydrogen-bond acceptors (Lipinski definition) is 5. The van der Waals surface area contributed by atoms with Gasteiger partial charge in [-0.1, -0.05) is 12.1 Å². The molecule has 0 spiro atoms. The van der Waals surface area contributed by atoms with E-state index < -0.39 is 17.8 Å². The Morgan fingerprint density at radius 2 is 2.05 bits per heavy atom. The first-order valence-corrected chi connectivity index (χ1v) is 7.22. The molecule has 0 bridgehead atoms. The molecule has 0 aliphatic carbocycles. The van der Waals surface area contributed by atoms with E-state index in [1.54, 1.807) is 19.9 Å². The molecule has 0 heterocycles. The van der Waals surface area contributed by atoms with Crippen LogP contribution >= 0.6 is 0 Å². The van der Waals surface area contributed by atoms with Gasteiger partial charge in [0.15, 0.2) is 0 Å². The summed E-state index contributed by atoms with van der Waals surface area (Å²) in [6, 6.07) is 3.41. The smallest absolute Gasteiger partial charge is 0.327 e. The summed E-state index contributed by atoms with van der Waals surface area (Å²) >= 11 is 0. The fourth-order valence-corrected chi connectivity index (χ4v) is 2.05. The summed E-state index contributed by atoms with van der Waals surface area (Å²) in [5, 5.41) is 0. The van der Waals surface area contributed by atoms with E-state index in [2.05, 4.69) is 0 Å². The molecule has 5 nitrogen and oxygen atoms in total. The molecule has 2 N–H and O–H groups in total. The summed E-state index contributed by atoms with van der Waals surface area (Å²) in [4.78, 5) is 22.4. The summed E-state index contributed by atoms with van der Waals surface area (Å²) in [6.07, 6.45) is 0.907. The Bertz CT molecular complexity index is 533. The highest BCUT2D eigenvalue weighted by atomic mass is 19.1. The maximum atomic E-state index is 14.1. The first-order chi connectivity index (χ1) is 10.3. The van der Waals surface area contributed by atoms with Crippen LogP contribution in [-0.4, -0.2) is 24.6 Å². The Kier molecular flexibility index (Phi) is 6.98. The molecule has 0 aliphatic heterocycles. The largest absolute Gasteiger partial charge is 0.465 e. The SMILES string of the molecule is CCOC(=O)C(N)c1ccc(CCC(C)OC(C)=O)cc1F. The van der Waals surface area contributed by atoms with E-state index in [-0.39, 0.29) is 24.2 Å². The zero-order valence-corrected chi connectivity index (χ0v) is 13.1. The van der Waals surface area contributed by atoms with Gasteiger partial charge in [0.1, 0.15) is 11.9 Å². The van der Waals surface area contributed by atoms with Crippen molar-refractivity contribution in [3.05, 3.63) is 35.1 Å². The van der Waals surface area contributed by atoms with Gasteiger partial charge in [0.25, 0.3) is 0 Å². The lowest BCUT2D eigenvalue weighted by molar-refractivity contribution is -0.146. The Balaban J connectivity index is 2.69. The van der Waals surface area contributed by atoms with E-state index in [1.807, 2.05) is 0 Å². The first-order valence-electron chi connectivity index (χ1n) is 7.22. The second-order valence-electron chi connectivity index (χ2n) is 5.04. The summed E-state index contributed by atoms with van der Waals surface area (Å²) in [5.41, 5.74) is 6.53. The molecule has 1 aromatic carbocycles. The molecule has 2 atom stereocenters. The van der Waals surface area contributed by atoms with E-state index in [4.69, 9.17) is 15.2 Å². The quantitative estimate of drug-likeness (QED) is 0.782. The predicted octanol–water partition coefficient (Wildman–Crippen LogP) is 2.27. The Morgan fingerprint density at radius 3 is 2.59 bits per heavy atom. The predicted molar refractivity (Wildman–Crippen MR) is 79.5 cm³/mol. The summed E-state index contributed by atoms with van der Waals surface area (Å²) < 4.78 is 23.9. The van der Waals surface area contributed by atoms with E-state index in [0.29, 0.717) is 12.8 Å². The number of aryl methyl sites for hydroxylation is 1. The van der Waals surface area contributed by atoms with Crippen LogP contribution in [0.2, 0.25) is 0 Å². The Labute approximate surface area is 129 Å². The number of benzene rings is 1. The molecular formula is C16H22FNO4.